The van der Waals surface area contributed by atoms with Gasteiger partial charge in [-0.3, -0.25) is 14.4 Å². The van der Waals surface area contributed by atoms with E-state index in [9.17, 15) is 14.4 Å². The van der Waals surface area contributed by atoms with Gasteiger partial charge in [-0.2, -0.15) is 0 Å². The molecule has 2 aromatic heterocycles. The number of amides is 1. The Labute approximate surface area is 177 Å². The molecule has 0 radical (unpaired) electrons. The summed E-state index contributed by atoms with van der Waals surface area (Å²) in [5.41, 5.74) is 2.99. The fourth-order valence-electron chi connectivity index (χ4n) is 2.95. The highest BCUT2D eigenvalue weighted by Gasteiger charge is 2.18. The van der Waals surface area contributed by atoms with Gasteiger partial charge in [0.05, 0.1) is 4.88 Å². The average molecular weight is 431 g/mol. The monoisotopic (exact) mass is 430 g/mol. The predicted molar refractivity (Wildman–Crippen MR) is 112 cm³/mol. The fraction of sp³-hybridized carbons (Fsp3) is 0.190. The molecule has 0 spiro atoms. The number of aryl methyl sites for hydroxylation is 1. The summed E-state index contributed by atoms with van der Waals surface area (Å²) in [6.45, 7) is 3.04. The molecule has 2 heterocycles. The summed E-state index contributed by atoms with van der Waals surface area (Å²) in [5.74, 6) is -1.33. The highest BCUT2D eigenvalue weighted by atomic mass is 35.5. The number of benzene rings is 1. The number of Topliss-reactive ketones (excluding diaryl/α,β-unsaturated/α-hetero) is 1. The molecule has 0 saturated heterocycles. The van der Waals surface area contributed by atoms with Gasteiger partial charge in [-0.05, 0) is 55.6 Å². The van der Waals surface area contributed by atoms with Crippen LogP contribution in [-0.2, 0) is 9.53 Å². The SMILES string of the molecule is Cc1cc(C(=O)COC(=O)CNC(=O)c2cccs2)c(C)n1-c1ccc(Cl)cc1. The van der Waals surface area contributed by atoms with Crippen LogP contribution in [0.25, 0.3) is 5.69 Å². The van der Waals surface area contributed by atoms with Crippen molar-refractivity contribution >= 4 is 40.6 Å². The topological polar surface area (TPSA) is 77.4 Å². The Morgan fingerprint density at radius 1 is 1.14 bits per heavy atom. The number of halogens is 1. The summed E-state index contributed by atoms with van der Waals surface area (Å²) in [4.78, 5) is 36.7. The molecular formula is C21H19ClN2O4S. The van der Waals surface area contributed by atoms with E-state index in [2.05, 4.69) is 5.32 Å². The van der Waals surface area contributed by atoms with Crippen LogP contribution in [0.2, 0.25) is 5.02 Å². The van der Waals surface area contributed by atoms with E-state index in [-0.39, 0.29) is 18.2 Å². The molecule has 3 rings (SSSR count). The van der Waals surface area contributed by atoms with Crippen LogP contribution in [0.3, 0.4) is 0 Å². The number of thiophene rings is 1. The van der Waals surface area contributed by atoms with Crippen LogP contribution in [0.1, 0.15) is 31.4 Å². The minimum atomic E-state index is -0.672. The molecule has 3 aromatic rings. The van der Waals surface area contributed by atoms with E-state index in [1.807, 2.05) is 30.5 Å². The molecule has 0 fully saturated rings. The van der Waals surface area contributed by atoms with Crippen molar-refractivity contribution in [2.24, 2.45) is 0 Å². The molecule has 29 heavy (non-hydrogen) atoms. The first-order valence-electron chi connectivity index (χ1n) is 8.82. The first-order chi connectivity index (χ1) is 13.9. The molecule has 1 N–H and O–H groups in total. The molecule has 0 aliphatic rings. The first kappa shape index (κ1) is 20.8. The van der Waals surface area contributed by atoms with Gasteiger partial charge >= 0.3 is 5.97 Å². The Kier molecular flexibility index (Phi) is 6.51. The van der Waals surface area contributed by atoms with Crippen LogP contribution in [0, 0.1) is 13.8 Å². The number of nitrogens with zero attached hydrogens (tertiary/aromatic N) is 1. The summed E-state index contributed by atoms with van der Waals surface area (Å²) in [6.07, 6.45) is 0. The van der Waals surface area contributed by atoms with Gasteiger partial charge in [-0.1, -0.05) is 17.7 Å². The van der Waals surface area contributed by atoms with Crippen molar-refractivity contribution in [3.8, 4) is 5.69 Å². The number of aromatic nitrogens is 1. The molecule has 0 aliphatic heterocycles. The first-order valence-corrected chi connectivity index (χ1v) is 10.1. The van der Waals surface area contributed by atoms with Crippen molar-refractivity contribution in [1.29, 1.82) is 0 Å². The molecule has 0 saturated carbocycles. The Morgan fingerprint density at radius 2 is 1.86 bits per heavy atom. The number of carbonyl (C=O) groups excluding carboxylic acids is 3. The third-order valence-corrected chi connectivity index (χ3v) is 5.44. The maximum atomic E-state index is 12.5. The normalized spacial score (nSPS) is 10.6. The van der Waals surface area contributed by atoms with Gasteiger partial charge in [0.1, 0.15) is 6.54 Å². The number of esters is 1. The summed E-state index contributed by atoms with van der Waals surface area (Å²) < 4.78 is 6.96. The second-order valence-corrected chi connectivity index (χ2v) is 7.72. The van der Waals surface area contributed by atoms with E-state index in [1.165, 1.54) is 11.3 Å². The zero-order valence-corrected chi connectivity index (χ0v) is 17.5. The standard InChI is InChI=1S/C21H19ClN2O4S/c1-13-10-17(14(2)24(13)16-7-5-15(22)6-8-16)18(25)12-28-20(26)11-23-21(27)19-4-3-9-29-19/h3-10H,11-12H2,1-2H3,(H,23,27). The third-order valence-electron chi connectivity index (χ3n) is 4.32. The van der Waals surface area contributed by atoms with Crippen molar-refractivity contribution in [3.63, 3.8) is 0 Å². The van der Waals surface area contributed by atoms with Crippen LogP contribution in [0.4, 0.5) is 0 Å². The summed E-state index contributed by atoms with van der Waals surface area (Å²) >= 11 is 7.22. The van der Waals surface area contributed by atoms with Crippen molar-refractivity contribution < 1.29 is 19.1 Å². The van der Waals surface area contributed by atoms with Crippen LogP contribution in [0.5, 0.6) is 0 Å². The number of hydrogen-bond acceptors (Lipinski definition) is 5. The third kappa shape index (κ3) is 4.93. The second-order valence-electron chi connectivity index (χ2n) is 6.34. The Morgan fingerprint density at radius 3 is 2.52 bits per heavy atom. The molecule has 150 valence electrons. The summed E-state index contributed by atoms with van der Waals surface area (Å²) in [6, 6.07) is 12.5. The average Bonchev–Trinajstić information content (AvgIpc) is 3.33. The van der Waals surface area contributed by atoms with E-state index in [4.69, 9.17) is 16.3 Å². The van der Waals surface area contributed by atoms with Crippen molar-refractivity contribution in [2.45, 2.75) is 13.8 Å². The highest BCUT2D eigenvalue weighted by Crippen LogP contribution is 2.22. The molecule has 0 unspecified atom stereocenters. The molecule has 0 aliphatic carbocycles. The van der Waals surface area contributed by atoms with Crippen molar-refractivity contribution in [2.75, 3.05) is 13.2 Å². The summed E-state index contributed by atoms with van der Waals surface area (Å²) in [7, 11) is 0. The number of ketones is 1. The van der Waals surface area contributed by atoms with Crippen LogP contribution in [-0.4, -0.2) is 35.4 Å². The van der Waals surface area contributed by atoms with Gasteiger partial charge in [0.2, 0.25) is 5.78 Å². The van der Waals surface area contributed by atoms with Crippen LogP contribution < -0.4 is 5.32 Å². The largest absolute Gasteiger partial charge is 0.456 e. The second kappa shape index (κ2) is 9.07. The Hall–Kier alpha value is -2.90. The fourth-order valence-corrected chi connectivity index (χ4v) is 3.72. The van der Waals surface area contributed by atoms with E-state index >= 15 is 0 Å². The number of rotatable bonds is 7. The molecule has 8 heteroatoms. The molecular weight excluding hydrogens is 412 g/mol. The van der Waals surface area contributed by atoms with E-state index in [1.54, 1.807) is 35.7 Å². The van der Waals surface area contributed by atoms with E-state index in [0.717, 1.165) is 17.1 Å². The molecule has 1 amide bonds. The predicted octanol–water partition coefficient (Wildman–Crippen LogP) is 3.96. The number of carbonyl (C=O) groups is 3. The van der Waals surface area contributed by atoms with Gasteiger partial charge in [0.15, 0.2) is 6.61 Å². The summed E-state index contributed by atoms with van der Waals surface area (Å²) in [5, 5.41) is 4.87. The van der Waals surface area contributed by atoms with Gasteiger partial charge in [-0.25, -0.2) is 0 Å². The lowest BCUT2D eigenvalue weighted by Crippen LogP contribution is -2.31. The molecule has 0 bridgehead atoms. The van der Waals surface area contributed by atoms with Crippen LogP contribution in [0.15, 0.2) is 47.8 Å². The van der Waals surface area contributed by atoms with Crippen LogP contribution >= 0.6 is 22.9 Å². The van der Waals surface area contributed by atoms with Crippen molar-refractivity contribution in [1.82, 2.24) is 9.88 Å². The number of nitrogens with one attached hydrogen (secondary N) is 1. The minimum absolute atomic E-state index is 0.298. The maximum absolute atomic E-state index is 12.5. The minimum Gasteiger partial charge on any atom is -0.456 e. The van der Waals surface area contributed by atoms with E-state index in [0.29, 0.717) is 15.5 Å². The molecule has 6 nitrogen and oxygen atoms in total. The van der Waals surface area contributed by atoms with Gasteiger partial charge < -0.3 is 14.6 Å². The van der Waals surface area contributed by atoms with E-state index < -0.39 is 12.6 Å². The number of ether oxygens (including phenoxy) is 1. The van der Waals surface area contributed by atoms with Gasteiger partial charge in [0.25, 0.3) is 5.91 Å². The quantitative estimate of drug-likeness (QED) is 0.454. The smallest absolute Gasteiger partial charge is 0.325 e. The zero-order chi connectivity index (χ0) is 21.0. The molecule has 1 aromatic carbocycles. The zero-order valence-electron chi connectivity index (χ0n) is 15.9. The Balaban J connectivity index is 1.59. The molecule has 0 atom stereocenters. The van der Waals surface area contributed by atoms with Gasteiger partial charge in [-0.15, -0.1) is 11.3 Å². The lowest BCUT2D eigenvalue weighted by Gasteiger charge is -2.10. The Bertz CT molecular complexity index is 1040. The highest BCUT2D eigenvalue weighted by molar-refractivity contribution is 7.12. The van der Waals surface area contributed by atoms with Gasteiger partial charge in [0, 0.05) is 27.7 Å². The van der Waals surface area contributed by atoms with Crippen molar-refractivity contribution in [3.05, 3.63) is 74.7 Å². The maximum Gasteiger partial charge on any atom is 0.325 e. The lowest BCUT2D eigenvalue weighted by atomic mass is 10.1. The number of hydrogen-bond donors (Lipinski definition) is 1. The lowest BCUT2D eigenvalue weighted by molar-refractivity contribution is -0.141.